The van der Waals surface area contributed by atoms with Crippen LogP contribution in [0, 0.1) is 5.92 Å². The Hall–Kier alpha value is -2.54. The number of carbonyl (C=O) groups excluding carboxylic acids is 3. The molecule has 24 heavy (non-hydrogen) atoms. The van der Waals surface area contributed by atoms with Gasteiger partial charge in [-0.05, 0) is 37.1 Å². The molecule has 1 heterocycles. The molecule has 1 saturated carbocycles. The largest absolute Gasteiger partial charge is 0.326 e. The zero-order valence-corrected chi connectivity index (χ0v) is 13.8. The summed E-state index contributed by atoms with van der Waals surface area (Å²) in [5, 5.41) is 7.78. The number of benzene rings is 1. The number of ketones is 1. The van der Waals surface area contributed by atoms with Crippen LogP contribution in [0.25, 0.3) is 0 Å². The minimum atomic E-state index is -0.251. The average Bonchev–Trinajstić information content (AvgIpc) is 3.20. The molecule has 7 heteroatoms. The summed E-state index contributed by atoms with van der Waals surface area (Å²) >= 11 is 1.35. The van der Waals surface area contributed by atoms with Crippen molar-refractivity contribution in [3.05, 3.63) is 41.4 Å². The molecule has 2 aromatic rings. The van der Waals surface area contributed by atoms with E-state index in [0.717, 1.165) is 12.8 Å². The molecule has 0 spiro atoms. The second kappa shape index (κ2) is 7.35. The number of thiazole rings is 1. The van der Waals surface area contributed by atoms with Crippen LogP contribution >= 0.6 is 11.3 Å². The fraction of sp³-hybridized carbons (Fsp3) is 0.294. The normalized spacial score (nSPS) is 16.8. The van der Waals surface area contributed by atoms with Crippen LogP contribution in [0.15, 0.2) is 35.8 Å². The second-order valence-electron chi connectivity index (χ2n) is 5.68. The minimum Gasteiger partial charge on any atom is -0.326 e. The summed E-state index contributed by atoms with van der Waals surface area (Å²) in [6.45, 7) is 0. The number of carbonyl (C=O) groups is 3. The van der Waals surface area contributed by atoms with E-state index in [2.05, 4.69) is 15.6 Å². The predicted molar refractivity (Wildman–Crippen MR) is 92.1 cm³/mol. The van der Waals surface area contributed by atoms with Crippen LogP contribution in [0.3, 0.4) is 0 Å². The minimum absolute atomic E-state index is 0.145. The Balaban J connectivity index is 1.55. The Bertz CT molecular complexity index is 741. The van der Waals surface area contributed by atoms with Gasteiger partial charge in [-0.2, -0.15) is 0 Å². The summed E-state index contributed by atoms with van der Waals surface area (Å²) in [7, 11) is 0. The van der Waals surface area contributed by atoms with Gasteiger partial charge in [-0.25, -0.2) is 4.98 Å². The zero-order valence-electron chi connectivity index (χ0n) is 13.0. The lowest BCUT2D eigenvalue weighted by Gasteiger charge is -2.09. The van der Waals surface area contributed by atoms with Gasteiger partial charge in [0.15, 0.2) is 5.13 Å². The van der Waals surface area contributed by atoms with Gasteiger partial charge in [0.2, 0.25) is 5.91 Å². The number of nitrogens with one attached hydrogen (secondary N) is 2. The number of Topliss-reactive ketones (excluding diaryl/α,β-unsaturated/α-hetero) is 1. The highest BCUT2D eigenvalue weighted by molar-refractivity contribution is 7.13. The fourth-order valence-corrected chi connectivity index (χ4v) is 3.22. The number of aromatic nitrogens is 1. The van der Waals surface area contributed by atoms with E-state index in [9.17, 15) is 14.4 Å². The highest BCUT2D eigenvalue weighted by atomic mass is 32.1. The molecule has 1 aromatic carbocycles. The van der Waals surface area contributed by atoms with Crippen molar-refractivity contribution in [3.8, 4) is 0 Å². The van der Waals surface area contributed by atoms with Crippen LogP contribution in [-0.2, 0) is 9.59 Å². The van der Waals surface area contributed by atoms with Gasteiger partial charge in [0.25, 0.3) is 5.91 Å². The van der Waals surface area contributed by atoms with Crippen molar-refractivity contribution in [2.45, 2.75) is 25.7 Å². The van der Waals surface area contributed by atoms with Crippen LogP contribution in [0.2, 0.25) is 0 Å². The van der Waals surface area contributed by atoms with E-state index in [4.69, 9.17) is 0 Å². The summed E-state index contributed by atoms with van der Waals surface area (Å²) in [5.74, 6) is -0.387. The molecule has 1 atom stereocenters. The molecule has 6 nitrogen and oxygen atoms in total. The van der Waals surface area contributed by atoms with E-state index >= 15 is 0 Å². The molecule has 1 aromatic heterocycles. The predicted octanol–water partition coefficient (Wildman–Crippen LogP) is 3.09. The molecule has 0 bridgehead atoms. The molecule has 1 unspecified atom stereocenters. The van der Waals surface area contributed by atoms with Crippen LogP contribution in [0.4, 0.5) is 10.8 Å². The van der Waals surface area contributed by atoms with E-state index < -0.39 is 0 Å². The molecule has 3 rings (SSSR count). The quantitative estimate of drug-likeness (QED) is 0.873. The van der Waals surface area contributed by atoms with Gasteiger partial charge in [-0.15, -0.1) is 11.3 Å². The Kier molecular flexibility index (Phi) is 5.00. The fourth-order valence-electron chi connectivity index (χ4n) is 2.70. The third-order valence-electron chi connectivity index (χ3n) is 3.95. The lowest BCUT2D eigenvalue weighted by atomic mass is 10.0. The van der Waals surface area contributed by atoms with Crippen LogP contribution in [-0.4, -0.2) is 22.6 Å². The molecule has 124 valence electrons. The summed E-state index contributed by atoms with van der Waals surface area (Å²) in [6.07, 6.45) is 4.10. The molecule has 0 aliphatic heterocycles. The smallest absolute Gasteiger partial charge is 0.257 e. The Morgan fingerprint density at radius 3 is 2.62 bits per heavy atom. The second-order valence-corrected chi connectivity index (χ2v) is 6.57. The van der Waals surface area contributed by atoms with Gasteiger partial charge in [-0.3, -0.25) is 19.7 Å². The monoisotopic (exact) mass is 343 g/mol. The Morgan fingerprint density at radius 2 is 2.00 bits per heavy atom. The number of rotatable bonds is 5. The highest BCUT2D eigenvalue weighted by Gasteiger charge is 2.26. The first-order valence-electron chi connectivity index (χ1n) is 7.75. The summed E-state index contributed by atoms with van der Waals surface area (Å²) in [6, 6.07) is 6.62. The number of hydrogen-bond acceptors (Lipinski definition) is 5. The number of hydrogen-bond donors (Lipinski definition) is 2. The lowest BCUT2D eigenvalue weighted by molar-refractivity contribution is -0.125. The molecule has 1 aliphatic carbocycles. The van der Waals surface area contributed by atoms with Gasteiger partial charge >= 0.3 is 0 Å². The number of amides is 2. The van der Waals surface area contributed by atoms with Gasteiger partial charge < -0.3 is 5.32 Å². The molecule has 0 saturated heterocycles. The first-order valence-corrected chi connectivity index (χ1v) is 8.63. The van der Waals surface area contributed by atoms with Crippen molar-refractivity contribution in [3.63, 3.8) is 0 Å². The molecule has 0 radical (unpaired) electrons. The van der Waals surface area contributed by atoms with Gasteiger partial charge in [0, 0.05) is 41.6 Å². The third-order valence-corrected chi connectivity index (χ3v) is 4.64. The SMILES string of the molecule is O=C(CC1CCCC1=O)Nc1ccc(C(=O)Nc2nccs2)cc1. The number of anilines is 2. The van der Waals surface area contributed by atoms with Gasteiger partial charge in [0.1, 0.15) is 5.78 Å². The van der Waals surface area contributed by atoms with E-state index in [1.165, 1.54) is 11.3 Å². The van der Waals surface area contributed by atoms with Crippen molar-refractivity contribution in [2.75, 3.05) is 10.6 Å². The lowest BCUT2D eigenvalue weighted by Crippen LogP contribution is -2.19. The molecular weight excluding hydrogens is 326 g/mol. The van der Waals surface area contributed by atoms with E-state index in [0.29, 0.717) is 22.8 Å². The first-order chi connectivity index (χ1) is 11.6. The summed E-state index contributed by atoms with van der Waals surface area (Å²) in [4.78, 5) is 39.6. The van der Waals surface area contributed by atoms with Crippen molar-refractivity contribution in [1.82, 2.24) is 4.98 Å². The van der Waals surface area contributed by atoms with E-state index in [1.54, 1.807) is 35.8 Å². The molecule has 1 aliphatic rings. The van der Waals surface area contributed by atoms with Gasteiger partial charge in [-0.1, -0.05) is 0 Å². The average molecular weight is 343 g/mol. The van der Waals surface area contributed by atoms with E-state index in [-0.39, 0.29) is 29.9 Å². The van der Waals surface area contributed by atoms with Crippen LogP contribution < -0.4 is 10.6 Å². The van der Waals surface area contributed by atoms with E-state index in [1.807, 2.05) is 0 Å². The van der Waals surface area contributed by atoms with Crippen molar-refractivity contribution < 1.29 is 14.4 Å². The Labute approximate surface area is 143 Å². The topological polar surface area (TPSA) is 88.2 Å². The maximum atomic E-state index is 12.0. The van der Waals surface area contributed by atoms with Gasteiger partial charge in [0.05, 0.1) is 0 Å². The zero-order chi connectivity index (χ0) is 16.9. The molecule has 1 fully saturated rings. The molecule has 2 amide bonds. The first kappa shape index (κ1) is 16.3. The number of nitrogens with zero attached hydrogens (tertiary/aromatic N) is 1. The van der Waals surface area contributed by atoms with Crippen molar-refractivity contribution in [1.29, 1.82) is 0 Å². The third kappa shape index (κ3) is 4.05. The maximum Gasteiger partial charge on any atom is 0.257 e. The Morgan fingerprint density at radius 1 is 1.21 bits per heavy atom. The highest BCUT2D eigenvalue weighted by Crippen LogP contribution is 2.24. The molecule has 2 N–H and O–H groups in total. The summed E-state index contributed by atoms with van der Waals surface area (Å²) < 4.78 is 0. The maximum absolute atomic E-state index is 12.0. The van der Waals surface area contributed by atoms with Crippen molar-refractivity contribution in [2.24, 2.45) is 5.92 Å². The van der Waals surface area contributed by atoms with Crippen molar-refractivity contribution >= 4 is 39.8 Å². The molecular formula is C17H17N3O3S. The van der Waals surface area contributed by atoms with Crippen LogP contribution in [0.5, 0.6) is 0 Å². The standard InChI is InChI=1S/C17H17N3O3S/c21-14-3-1-2-12(14)10-15(22)19-13-6-4-11(5-7-13)16(23)20-17-18-8-9-24-17/h4-9,12H,1-3,10H2,(H,19,22)(H,18,20,23). The summed E-state index contributed by atoms with van der Waals surface area (Å²) in [5.41, 5.74) is 1.09. The van der Waals surface area contributed by atoms with Crippen LogP contribution in [0.1, 0.15) is 36.0 Å².